The number of aromatic hydroxyl groups is 2. The van der Waals surface area contributed by atoms with Crippen molar-refractivity contribution in [2.75, 3.05) is 13.7 Å². The van der Waals surface area contributed by atoms with E-state index in [9.17, 15) is 15.0 Å². The molecule has 0 aliphatic heterocycles. The maximum absolute atomic E-state index is 11.9. The normalized spacial score (nSPS) is 10.6. The molecule has 1 rings (SSSR count). The highest BCUT2D eigenvalue weighted by Crippen LogP contribution is 2.36. The molecule has 0 aliphatic rings. The quantitative estimate of drug-likeness (QED) is 0.378. The number of phenolic OH excluding ortho intramolecular Hbond substituents is 2. The van der Waals surface area contributed by atoms with Crippen LogP contribution in [-0.4, -0.2) is 29.9 Å². The zero-order valence-corrected chi connectivity index (χ0v) is 15.6. The monoisotopic (exact) mass is 352 g/mol. The summed E-state index contributed by atoms with van der Waals surface area (Å²) in [5, 5.41) is 19.4. The van der Waals surface area contributed by atoms with Crippen molar-refractivity contribution < 1.29 is 24.5 Å². The van der Waals surface area contributed by atoms with E-state index < -0.39 is 5.97 Å². The Morgan fingerprint density at radius 2 is 1.36 bits per heavy atom. The number of ether oxygens (including phenoxy) is 2. The average molecular weight is 352 g/mol. The van der Waals surface area contributed by atoms with Gasteiger partial charge in [0.25, 0.3) is 0 Å². The van der Waals surface area contributed by atoms with Crippen LogP contribution >= 0.6 is 0 Å². The number of rotatable bonds is 13. The molecular weight excluding hydrogens is 320 g/mol. The Kier molecular flexibility index (Phi) is 10.5. The van der Waals surface area contributed by atoms with Crippen LogP contribution in [-0.2, 0) is 4.74 Å². The van der Waals surface area contributed by atoms with Gasteiger partial charge in [-0.25, -0.2) is 4.79 Å². The maximum Gasteiger partial charge on any atom is 0.338 e. The van der Waals surface area contributed by atoms with Gasteiger partial charge in [0, 0.05) is 0 Å². The summed E-state index contributed by atoms with van der Waals surface area (Å²) in [5.74, 6) is -1.17. The van der Waals surface area contributed by atoms with E-state index in [-0.39, 0.29) is 22.8 Å². The Morgan fingerprint density at radius 3 is 1.84 bits per heavy atom. The molecule has 0 saturated carbocycles. The van der Waals surface area contributed by atoms with Gasteiger partial charge in [0.1, 0.15) is 0 Å². The molecule has 0 aromatic heterocycles. The molecule has 0 radical (unpaired) electrons. The second-order valence-corrected chi connectivity index (χ2v) is 6.37. The second kappa shape index (κ2) is 12.5. The summed E-state index contributed by atoms with van der Waals surface area (Å²) < 4.78 is 10.0. The van der Waals surface area contributed by atoms with Gasteiger partial charge in [0.2, 0.25) is 5.75 Å². The van der Waals surface area contributed by atoms with Gasteiger partial charge in [-0.3, -0.25) is 0 Å². The lowest BCUT2D eigenvalue weighted by molar-refractivity contribution is 0.0496. The van der Waals surface area contributed by atoms with E-state index in [4.69, 9.17) is 9.47 Å². The first-order valence-corrected chi connectivity index (χ1v) is 9.37. The SMILES string of the molecule is CCCCCCCCCCCCOC(=O)c1cc(O)c(OC)c(O)c1. The number of phenols is 2. The molecule has 0 atom stereocenters. The number of hydrogen-bond donors (Lipinski definition) is 2. The lowest BCUT2D eigenvalue weighted by Gasteiger charge is -2.09. The highest BCUT2D eigenvalue weighted by Gasteiger charge is 2.15. The van der Waals surface area contributed by atoms with Crippen LogP contribution in [0.4, 0.5) is 0 Å². The van der Waals surface area contributed by atoms with Crippen molar-refractivity contribution >= 4 is 5.97 Å². The first-order chi connectivity index (χ1) is 12.1. The maximum atomic E-state index is 11.9. The van der Waals surface area contributed by atoms with E-state index in [2.05, 4.69) is 6.92 Å². The average Bonchev–Trinajstić information content (AvgIpc) is 2.59. The molecule has 0 aliphatic carbocycles. The van der Waals surface area contributed by atoms with Crippen molar-refractivity contribution in [1.82, 2.24) is 0 Å². The summed E-state index contributed by atoms with van der Waals surface area (Å²) in [6.45, 7) is 2.58. The van der Waals surface area contributed by atoms with Crippen molar-refractivity contribution in [2.24, 2.45) is 0 Å². The number of benzene rings is 1. The van der Waals surface area contributed by atoms with Crippen LogP contribution in [0.25, 0.3) is 0 Å². The van der Waals surface area contributed by atoms with Gasteiger partial charge < -0.3 is 19.7 Å². The minimum Gasteiger partial charge on any atom is -0.504 e. The molecule has 0 saturated heterocycles. The molecule has 0 unspecified atom stereocenters. The lowest BCUT2D eigenvalue weighted by Crippen LogP contribution is -2.06. The van der Waals surface area contributed by atoms with Crippen molar-refractivity contribution in [3.8, 4) is 17.2 Å². The second-order valence-electron chi connectivity index (χ2n) is 6.37. The van der Waals surface area contributed by atoms with Crippen LogP contribution < -0.4 is 4.74 Å². The lowest BCUT2D eigenvalue weighted by atomic mass is 10.1. The van der Waals surface area contributed by atoms with Gasteiger partial charge in [-0.15, -0.1) is 0 Å². The van der Waals surface area contributed by atoms with E-state index >= 15 is 0 Å². The molecule has 1 aromatic rings. The van der Waals surface area contributed by atoms with Crippen LogP contribution in [0.2, 0.25) is 0 Å². The van der Waals surface area contributed by atoms with E-state index in [0.29, 0.717) is 6.61 Å². The zero-order valence-electron chi connectivity index (χ0n) is 15.6. The Bertz CT molecular complexity index is 490. The van der Waals surface area contributed by atoms with E-state index in [1.165, 1.54) is 64.2 Å². The molecule has 0 fully saturated rings. The largest absolute Gasteiger partial charge is 0.504 e. The van der Waals surface area contributed by atoms with Gasteiger partial charge >= 0.3 is 5.97 Å². The fourth-order valence-corrected chi connectivity index (χ4v) is 2.76. The highest BCUT2D eigenvalue weighted by molar-refractivity contribution is 5.91. The summed E-state index contributed by atoms with van der Waals surface area (Å²) in [6, 6.07) is 2.47. The smallest absolute Gasteiger partial charge is 0.338 e. The molecule has 25 heavy (non-hydrogen) atoms. The molecular formula is C20H32O5. The van der Waals surface area contributed by atoms with Crippen molar-refractivity contribution in [1.29, 1.82) is 0 Å². The van der Waals surface area contributed by atoms with Gasteiger partial charge in [-0.2, -0.15) is 0 Å². The highest BCUT2D eigenvalue weighted by atomic mass is 16.5. The predicted molar refractivity (Wildman–Crippen MR) is 98.5 cm³/mol. The summed E-state index contributed by atoms with van der Waals surface area (Å²) in [4.78, 5) is 11.9. The predicted octanol–water partition coefficient (Wildman–Crippen LogP) is 5.18. The summed E-state index contributed by atoms with van der Waals surface area (Å²) in [6.07, 6.45) is 12.2. The number of esters is 1. The Morgan fingerprint density at radius 1 is 0.880 bits per heavy atom. The molecule has 0 heterocycles. The number of carbonyl (C=O) groups is 1. The molecule has 5 heteroatoms. The van der Waals surface area contributed by atoms with Crippen LogP contribution in [0.1, 0.15) is 81.5 Å². The third-order valence-electron chi connectivity index (χ3n) is 4.22. The van der Waals surface area contributed by atoms with E-state index in [0.717, 1.165) is 19.3 Å². The Labute approximate surface area is 151 Å². The summed E-state index contributed by atoms with van der Waals surface area (Å²) >= 11 is 0. The fourth-order valence-electron chi connectivity index (χ4n) is 2.76. The zero-order chi connectivity index (χ0) is 18.5. The number of methoxy groups -OCH3 is 1. The van der Waals surface area contributed by atoms with Crippen LogP contribution in [0.15, 0.2) is 12.1 Å². The van der Waals surface area contributed by atoms with Gasteiger partial charge in [-0.05, 0) is 18.6 Å². The summed E-state index contributed by atoms with van der Waals surface area (Å²) in [7, 11) is 1.33. The first-order valence-electron chi connectivity index (χ1n) is 9.37. The molecule has 2 N–H and O–H groups in total. The third-order valence-corrected chi connectivity index (χ3v) is 4.22. The Hall–Kier alpha value is -1.91. The van der Waals surface area contributed by atoms with Crippen molar-refractivity contribution in [3.05, 3.63) is 17.7 Å². The first kappa shape index (κ1) is 21.1. The minimum atomic E-state index is -0.552. The molecule has 142 valence electrons. The molecule has 5 nitrogen and oxygen atoms in total. The molecule has 0 bridgehead atoms. The van der Waals surface area contributed by atoms with Gasteiger partial charge in [0.05, 0.1) is 19.3 Å². The fraction of sp³-hybridized carbons (Fsp3) is 0.650. The van der Waals surface area contributed by atoms with Gasteiger partial charge in [-0.1, -0.05) is 64.7 Å². The van der Waals surface area contributed by atoms with Crippen LogP contribution in [0.3, 0.4) is 0 Å². The number of hydrogen-bond acceptors (Lipinski definition) is 5. The topological polar surface area (TPSA) is 76.0 Å². The van der Waals surface area contributed by atoms with Crippen LogP contribution in [0, 0.1) is 0 Å². The number of unbranched alkanes of at least 4 members (excludes halogenated alkanes) is 9. The van der Waals surface area contributed by atoms with Crippen molar-refractivity contribution in [2.45, 2.75) is 71.1 Å². The number of carbonyl (C=O) groups excluding carboxylic acids is 1. The summed E-state index contributed by atoms with van der Waals surface area (Å²) in [5.41, 5.74) is 0.114. The molecule has 1 aromatic carbocycles. The van der Waals surface area contributed by atoms with E-state index in [1.807, 2.05) is 0 Å². The Balaban J connectivity index is 2.13. The molecule has 0 amide bonds. The molecule has 0 spiro atoms. The van der Waals surface area contributed by atoms with E-state index in [1.54, 1.807) is 0 Å². The van der Waals surface area contributed by atoms with Crippen molar-refractivity contribution in [3.63, 3.8) is 0 Å². The third kappa shape index (κ3) is 8.14. The standard InChI is InChI=1S/C20H32O5/c1-3-4-5-6-7-8-9-10-11-12-13-25-20(23)16-14-17(21)19(24-2)18(22)15-16/h14-15,21-22H,3-13H2,1-2H3. The minimum absolute atomic E-state index is 0.0498. The van der Waals surface area contributed by atoms with Crippen LogP contribution in [0.5, 0.6) is 17.2 Å². The van der Waals surface area contributed by atoms with Gasteiger partial charge in [0.15, 0.2) is 11.5 Å².